The molecule has 4 rings (SSSR count). The average molecular weight is 497 g/mol. The van der Waals surface area contributed by atoms with E-state index in [0.717, 1.165) is 12.1 Å². The fourth-order valence-electron chi connectivity index (χ4n) is 3.98. The second-order valence-electron chi connectivity index (χ2n) is 8.35. The number of aromatic hydroxyl groups is 1. The van der Waals surface area contributed by atoms with Crippen molar-refractivity contribution in [2.75, 3.05) is 36.4 Å². The summed E-state index contributed by atoms with van der Waals surface area (Å²) in [5, 5.41) is 12.8. The third-order valence-electron chi connectivity index (χ3n) is 5.87. The molecule has 0 spiro atoms. The standard InChI is InChI=1S/C26H22F3N3O4/c1-15(33)16-2-5-23(22(29)12-16)31-6-8-32(9-7-31)26(36)21-4-3-20(14-24(21)34)30-25(35)17-10-18(27)13-19(28)11-17/h2-5,10-14,34H,6-9H2,1H3,(H,30,35). The fourth-order valence-corrected chi connectivity index (χ4v) is 3.98. The number of Topliss-reactive ketones (excluding diaryl/α,β-unsaturated/α-hetero) is 1. The van der Waals surface area contributed by atoms with Gasteiger partial charge in [-0.1, -0.05) is 0 Å². The van der Waals surface area contributed by atoms with Crippen LogP contribution in [0.2, 0.25) is 0 Å². The Hall–Kier alpha value is -4.34. The molecule has 2 amide bonds. The number of nitrogens with one attached hydrogen (secondary N) is 1. The van der Waals surface area contributed by atoms with Crippen molar-refractivity contribution in [1.29, 1.82) is 0 Å². The van der Waals surface area contributed by atoms with Crippen molar-refractivity contribution in [1.82, 2.24) is 4.90 Å². The van der Waals surface area contributed by atoms with Gasteiger partial charge in [0.15, 0.2) is 5.78 Å². The number of hydrogen-bond donors (Lipinski definition) is 2. The number of carbonyl (C=O) groups is 3. The summed E-state index contributed by atoms with van der Waals surface area (Å²) in [6.45, 7) is 2.61. The SMILES string of the molecule is CC(=O)c1ccc(N2CCN(C(=O)c3ccc(NC(=O)c4cc(F)cc(F)c4)cc3O)CC2)c(F)c1. The summed E-state index contributed by atoms with van der Waals surface area (Å²) in [6, 6.07) is 10.6. The summed E-state index contributed by atoms with van der Waals surface area (Å²) < 4.78 is 41.2. The average Bonchev–Trinajstić information content (AvgIpc) is 2.83. The zero-order valence-electron chi connectivity index (χ0n) is 19.2. The van der Waals surface area contributed by atoms with Crippen molar-refractivity contribution in [3.05, 3.63) is 88.7 Å². The van der Waals surface area contributed by atoms with Gasteiger partial charge < -0.3 is 20.2 Å². The Morgan fingerprint density at radius 2 is 1.50 bits per heavy atom. The maximum absolute atomic E-state index is 14.5. The molecule has 1 aliphatic rings. The predicted octanol–water partition coefficient (Wildman–Crippen LogP) is 4.23. The normalized spacial score (nSPS) is 13.4. The van der Waals surface area contributed by atoms with Gasteiger partial charge >= 0.3 is 0 Å². The van der Waals surface area contributed by atoms with Crippen LogP contribution in [0.4, 0.5) is 24.5 Å². The van der Waals surface area contributed by atoms with Crippen LogP contribution in [-0.4, -0.2) is 53.8 Å². The number of piperazine rings is 1. The van der Waals surface area contributed by atoms with Gasteiger partial charge in [0.05, 0.1) is 11.3 Å². The Bertz CT molecular complexity index is 1330. The number of benzene rings is 3. The number of amides is 2. The highest BCUT2D eigenvalue weighted by Crippen LogP contribution is 2.26. The van der Waals surface area contributed by atoms with Gasteiger partial charge in [-0.05, 0) is 49.4 Å². The van der Waals surface area contributed by atoms with Crippen molar-refractivity contribution in [2.24, 2.45) is 0 Å². The molecule has 1 saturated heterocycles. The maximum atomic E-state index is 14.5. The van der Waals surface area contributed by atoms with Crippen LogP contribution in [0.1, 0.15) is 38.0 Å². The first-order chi connectivity index (χ1) is 17.1. The number of halogens is 3. The summed E-state index contributed by atoms with van der Waals surface area (Å²) in [6.07, 6.45) is 0. The van der Waals surface area contributed by atoms with E-state index in [-0.39, 0.29) is 47.0 Å². The molecule has 0 aromatic heterocycles. The molecule has 1 heterocycles. The van der Waals surface area contributed by atoms with Crippen LogP contribution in [0, 0.1) is 17.5 Å². The van der Waals surface area contributed by atoms with E-state index >= 15 is 0 Å². The van der Waals surface area contributed by atoms with Crippen LogP contribution < -0.4 is 10.2 Å². The Morgan fingerprint density at radius 1 is 0.833 bits per heavy atom. The second kappa shape index (κ2) is 10.1. The molecule has 36 heavy (non-hydrogen) atoms. The van der Waals surface area contributed by atoms with Gasteiger partial charge in [0.2, 0.25) is 0 Å². The van der Waals surface area contributed by atoms with E-state index in [9.17, 15) is 32.7 Å². The molecule has 2 N–H and O–H groups in total. The number of anilines is 2. The Labute approximate surface area is 204 Å². The van der Waals surface area contributed by atoms with Crippen molar-refractivity contribution >= 4 is 29.0 Å². The molecule has 3 aromatic carbocycles. The van der Waals surface area contributed by atoms with Gasteiger partial charge in [0, 0.05) is 55.1 Å². The minimum atomic E-state index is -0.903. The number of hydrogen-bond acceptors (Lipinski definition) is 5. The van der Waals surface area contributed by atoms with Gasteiger partial charge in [0.1, 0.15) is 23.2 Å². The molecule has 186 valence electrons. The van der Waals surface area contributed by atoms with E-state index in [1.54, 1.807) is 17.0 Å². The van der Waals surface area contributed by atoms with Crippen LogP contribution in [0.25, 0.3) is 0 Å². The molecule has 0 unspecified atom stereocenters. The summed E-state index contributed by atoms with van der Waals surface area (Å²) in [4.78, 5) is 39.9. The van der Waals surface area contributed by atoms with Crippen LogP contribution >= 0.6 is 0 Å². The molecule has 7 nitrogen and oxygen atoms in total. The first-order valence-corrected chi connectivity index (χ1v) is 11.1. The zero-order valence-corrected chi connectivity index (χ0v) is 19.2. The largest absolute Gasteiger partial charge is 0.507 e. The molecule has 10 heteroatoms. The van der Waals surface area contributed by atoms with E-state index in [1.165, 1.54) is 36.1 Å². The van der Waals surface area contributed by atoms with Gasteiger partial charge in [-0.15, -0.1) is 0 Å². The highest BCUT2D eigenvalue weighted by Gasteiger charge is 2.25. The molecule has 0 atom stereocenters. The number of phenols is 1. The number of ketones is 1. The van der Waals surface area contributed by atoms with Crippen molar-refractivity contribution in [3.8, 4) is 5.75 Å². The zero-order chi connectivity index (χ0) is 26.0. The minimum Gasteiger partial charge on any atom is -0.507 e. The fraction of sp³-hybridized carbons (Fsp3) is 0.192. The van der Waals surface area contributed by atoms with Gasteiger partial charge in [-0.2, -0.15) is 0 Å². The molecule has 3 aromatic rings. The summed E-state index contributed by atoms with van der Waals surface area (Å²) in [7, 11) is 0. The van der Waals surface area contributed by atoms with Crippen LogP contribution in [0.3, 0.4) is 0 Å². The highest BCUT2D eigenvalue weighted by atomic mass is 19.1. The predicted molar refractivity (Wildman–Crippen MR) is 127 cm³/mol. The van der Waals surface area contributed by atoms with E-state index < -0.39 is 29.3 Å². The Balaban J connectivity index is 1.40. The molecule has 0 radical (unpaired) electrons. The first kappa shape index (κ1) is 24.8. The minimum absolute atomic E-state index is 0.00948. The van der Waals surface area contributed by atoms with Crippen molar-refractivity contribution < 1.29 is 32.7 Å². The van der Waals surface area contributed by atoms with Gasteiger partial charge in [-0.25, -0.2) is 13.2 Å². The van der Waals surface area contributed by atoms with Crippen LogP contribution in [0.5, 0.6) is 5.75 Å². The highest BCUT2D eigenvalue weighted by molar-refractivity contribution is 6.05. The van der Waals surface area contributed by atoms with Crippen molar-refractivity contribution in [2.45, 2.75) is 6.92 Å². The molecule has 1 aliphatic heterocycles. The number of rotatable bonds is 5. The molecular weight excluding hydrogens is 475 g/mol. The van der Waals surface area contributed by atoms with Crippen molar-refractivity contribution in [3.63, 3.8) is 0 Å². The van der Waals surface area contributed by atoms with E-state index in [2.05, 4.69) is 5.32 Å². The lowest BCUT2D eigenvalue weighted by atomic mass is 10.1. The van der Waals surface area contributed by atoms with E-state index in [0.29, 0.717) is 24.8 Å². The third kappa shape index (κ3) is 5.32. The number of carbonyl (C=O) groups excluding carboxylic acids is 3. The molecule has 1 fully saturated rings. The molecule has 0 bridgehead atoms. The summed E-state index contributed by atoms with van der Waals surface area (Å²) in [5.74, 6) is -4.16. The molecule has 0 saturated carbocycles. The van der Waals surface area contributed by atoms with Crippen LogP contribution in [0.15, 0.2) is 54.6 Å². The van der Waals surface area contributed by atoms with E-state index in [4.69, 9.17) is 0 Å². The number of nitrogens with zero attached hydrogens (tertiary/aromatic N) is 2. The van der Waals surface area contributed by atoms with Crippen LogP contribution in [-0.2, 0) is 0 Å². The lowest BCUT2D eigenvalue weighted by molar-refractivity contribution is 0.0743. The summed E-state index contributed by atoms with van der Waals surface area (Å²) >= 11 is 0. The van der Waals surface area contributed by atoms with Gasteiger partial charge in [-0.3, -0.25) is 14.4 Å². The first-order valence-electron chi connectivity index (χ1n) is 11.1. The van der Waals surface area contributed by atoms with Gasteiger partial charge in [0.25, 0.3) is 11.8 Å². The topological polar surface area (TPSA) is 90.0 Å². The molecular formula is C26H22F3N3O4. The lowest BCUT2D eigenvalue weighted by Crippen LogP contribution is -2.49. The second-order valence-corrected chi connectivity index (χ2v) is 8.35. The quantitative estimate of drug-likeness (QED) is 0.515. The maximum Gasteiger partial charge on any atom is 0.257 e. The van der Waals surface area contributed by atoms with E-state index in [1.807, 2.05) is 0 Å². The summed E-state index contributed by atoms with van der Waals surface area (Å²) in [5.41, 5.74) is 0.525. The Kier molecular flexibility index (Phi) is 6.96. The lowest BCUT2D eigenvalue weighted by Gasteiger charge is -2.36. The number of phenolic OH excluding ortho intramolecular Hbond substituents is 1. The molecule has 0 aliphatic carbocycles. The smallest absolute Gasteiger partial charge is 0.257 e. The monoisotopic (exact) mass is 497 g/mol. The Morgan fingerprint density at radius 3 is 2.08 bits per heavy atom. The third-order valence-corrected chi connectivity index (χ3v) is 5.87.